The molecule has 102 valence electrons. The summed E-state index contributed by atoms with van der Waals surface area (Å²) in [6.07, 6.45) is 3.67. The Balaban J connectivity index is 2.28. The minimum atomic E-state index is -0.269. The molecular weight excluding hydrogens is 242 g/mol. The van der Waals surface area contributed by atoms with Crippen molar-refractivity contribution in [3.63, 3.8) is 0 Å². The van der Waals surface area contributed by atoms with Gasteiger partial charge in [0.25, 0.3) is 0 Å². The van der Waals surface area contributed by atoms with Crippen molar-refractivity contribution >= 4 is 17.9 Å². The lowest BCUT2D eigenvalue weighted by Crippen LogP contribution is -2.46. The number of nitrogens with zero attached hydrogens (tertiary/aromatic N) is 1. The predicted octanol–water partition coefficient (Wildman–Crippen LogP) is 2.42. The van der Waals surface area contributed by atoms with Crippen LogP contribution in [0.4, 0.5) is 5.69 Å². The molecule has 1 atom stereocenters. The number of anilines is 1. The highest BCUT2D eigenvalue weighted by Gasteiger charge is 2.30. The topological polar surface area (TPSA) is 46.6 Å². The van der Waals surface area contributed by atoms with Gasteiger partial charge in [-0.3, -0.25) is 4.79 Å². The molecule has 4 nitrogen and oxygen atoms in total. The number of benzene rings is 1. The molecule has 0 N–H and O–H groups in total. The number of para-hydroxylation sites is 1. The number of ether oxygens (including phenoxy) is 1. The molecule has 1 saturated heterocycles. The van der Waals surface area contributed by atoms with Crippen LogP contribution in [0, 0.1) is 0 Å². The largest absolute Gasteiger partial charge is 0.464 e. The maximum absolute atomic E-state index is 12.0. The van der Waals surface area contributed by atoms with Gasteiger partial charge >= 0.3 is 5.97 Å². The highest BCUT2D eigenvalue weighted by molar-refractivity contribution is 5.88. The predicted molar refractivity (Wildman–Crippen MR) is 73.4 cm³/mol. The molecular formula is C15H19NO3. The Hall–Kier alpha value is -1.84. The van der Waals surface area contributed by atoms with Crippen molar-refractivity contribution in [2.75, 3.05) is 18.1 Å². The van der Waals surface area contributed by atoms with Gasteiger partial charge in [0.05, 0.1) is 6.61 Å². The minimum absolute atomic E-state index is 0.192. The lowest BCUT2D eigenvalue weighted by atomic mass is 10.00. The van der Waals surface area contributed by atoms with Gasteiger partial charge < -0.3 is 9.64 Å². The van der Waals surface area contributed by atoms with Crippen molar-refractivity contribution in [2.45, 2.75) is 32.2 Å². The fourth-order valence-corrected chi connectivity index (χ4v) is 2.55. The van der Waals surface area contributed by atoms with Crippen molar-refractivity contribution in [3.05, 3.63) is 29.8 Å². The maximum atomic E-state index is 12.0. The van der Waals surface area contributed by atoms with E-state index in [1.165, 1.54) is 0 Å². The van der Waals surface area contributed by atoms with E-state index < -0.39 is 0 Å². The van der Waals surface area contributed by atoms with Crippen LogP contribution in [0.2, 0.25) is 0 Å². The molecule has 0 aromatic heterocycles. The molecule has 1 unspecified atom stereocenters. The number of aldehydes is 1. The van der Waals surface area contributed by atoms with Crippen LogP contribution in [0.1, 0.15) is 36.5 Å². The molecule has 0 radical (unpaired) electrons. The molecule has 1 fully saturated rings. The number of carbonyl (C=O) groups is 2. The monoisotopic (exact) mass is 261 g/mol. The molecule has 1 aromatic rings. The van der Waals surface area contributed by atoms with Crippen LogP contribution in [-0.2, 0) is 9.53 Å². The Kier molecular flexibility index (Phi) is 4.55. The summed E-state index contributed by atoms with van der Waals surface area (Å²) >= 11 is 0. The van der Waals surface area contributed by atoms with Crippen LogP contribution in [0.5, 0.6) is 0 Å². The zero-order valence-corrected chi connectivity index (χ0v) is 11.2. The van der Waals surface area contributed by atoms with Gasteiger partial charge in [-0.15, -0.1) is 0 Å². The van der Waals surface area contributed by atoms with E-state index in [0.717, 1.165) is 37.8 Å². The van der Waals surface area contributed by atoms with Crippen molar-refractivity contribution in [1.82, 2.24) is 0 Å². The van der Waals surface area contributed by atoms with Crippen LogP contribution >= 0.6 is 0 Å². The van der Waals surface area contributed by atoms with Crippen molar-refractivity contribution in [3.8, 4) is 0 Å². The summed E-state index contributed by atoms with van der Waals surface area (Å²) in [5.74, 6) is -0.192. The van der Waals surface area contributed by atoms with Gasteiger partial charge in [0.1, 0.15) is 6.04 Å². The van der Waals surface area contributed by atoms with Gasteiger partial charge in [-0.1, -0.05) is 12.1 Å². The second-order valence-corrected chi connectivity index (χ2v) is 4.63. The molecule has 0 spiro atoms. The van der Waals surface area contributed by atoms with E-state index in [9.17, 15) is 9.59 Å². The summed E-state index contributed by atoms with van der Waals surface area (Å²) in [6.45, 7) is 2.98. The van der Waals surface area contributed by atoms with Gasteiger partial charge in [-0.25, -0.2) is 4.79 Å². The summed E-state index contributed by atoms with van der Waals surface area (Å²) in [7, 11) is 0. The minimum Gasteiger partial charge on any atom is -0.464 e. The summed E-state index contributed by atoms with van der Waals surface area (Å²) in [5.41, 5.74) is 1.45. The van der Waals surface area contributed by atoms with E-state index in [4.69, 9.17) is 4.74 Å². The van der Waals surface area contributed by atoms with Crippen LogP contribution in [0.25, 0.3) is 0 Å². The standard InChI is InChI=1S/C15H19NO3/c1-2-19-15(18)14-9-5-6-10-16(14)13-8-4-3-7-12(13)11-17/h3-4,7-8,11,14H,2,5-6,9-10H2,1H3. The smallest absolute Gasteiger partial charge is 0.328 e. The van der Waals surface area contributed by atoms with E-state index in [-0.39, 0.29) is 12.0 Å². The van der Waals surface area contributed by atoms with Gasteiger partial charge in [0, 0.05) is 17.8 Å². The quantitative estimate of drug-likeness (QED) is 0.617. The first kappa shape index (κ1) is 13.6. The normalized spacial score (nSPS) is 19.0. The lowest BCUT2D eigenvalue weighted by molar-refractivity contribution is -0.145. The number of piperidine rings is 1. The molecule has 1 aliphatic heterocycles. The van der Waals surface area contributed by atoms with Crippen molar-refractivity contribution < 1.29 is 14.3 Å². The van der Waals surface area contributed by atoms with E-state index in [0.29, 0.717) is 12.2 Å². The lowest BCUT2D eigenvalue weighted by Gasteiger charge is -2.36. The molecule has 19 heavy (non-hydrogen) atoms. The molecule has 0 saturated carbocycles. The maximum Gasteiger partial charge on any atom is 0.328 e. The first-order valence-electron chi connectivity index (χ1n) is 6.75. The fourth-order valence-electron chi connectivity index (χ4n) is 2.55. The van der Waals surface area contributed by atoms with Gasteiger partial charge in [0.15, 0.2) is 6.29 Å². The average molecular weight is 261 g/mol. The van der Waals surface area contributed by atoms with Crippen molar-refractivity contribution in [1.29, 1.82) is 0 Å². The number of rotatable bonds is 4. The zero-order chi connectivity index (χ0) is 13.7. The summed E-state index contributed by atoms with van der Waals surface area (Å²) in [4.78, 5) is 25.2. The summed E-state index contributed by atoms with van der Waals surface area (Å²) < 4.78 is 5.14. The van der Waals surface area contributed by atoms with Crippen molar-refractivity contribution in [2.24, 2.45) is 0 Å². The fraction of sp³-hybridized carbons (Fsp3) is 0.467. The van der Waals surface area contributed by atoms with Gasteiger partial charge in [-0.2, -0.15) is 0 Å². The van der Waals surface area contributed by atoms with Crippen LogP contribution in [0.15, 0.2) is 24.3 Å². The molecule has 1 aliphatic rings. The Bertz CT molecular complexity index is 458. The average Bonchev–Trinajstić information content (AvgIpc) is 2.47. The zero-order valence-electron chi connectivity index (χ0n) is 11.2. The molecule has 4 heteroatoms. The molecule has 1 heterocycles. The van der Waals surface area contributed by atoms with Crippen LogP contribution in [0.3, 0.4) is 0 Å². The number of carbonyl (C=O) groups excluding carboxylic acids is 2. The molecule has 0 bridgehead atoms. The van der Waals surface area contributed by atoms with Gasteiger partial charge in [0.2, 0.25) is 0 Å². The third-order valence-electron chi connectivity index (χ3n) is 3.43. The third kappa shape index (κ3) is 2.95. The highest BCUT2D eigenvalue weighted by Crippen LogP contribution is 2.27. The third-order valence-corrected chi connectivity index (χ3v) is 3.43. The number of hydrogen-bond acceptors (Lipinski definition) is 4. The molecule has 1 aromatic carbocycles. The van der Waals surface area contributed by atoms with Gasteiger partial charge in [-0.05, 0) is 38.3 Å². The summed E-state index contributed by atoms with van der Waals surface area (Å²) in [5, 5.41) is 0. The first-order chi connectivity index (χ1) is 9.27. The molecule has 0 aliphatic carbocycles. The van der Waals surface area contributed by atoms with E-state index in [1.807, 2.05) is 30.0 Å². The molecule has 0 amide bonds. The SMILES string of the molecule is CCOC(=O)C1CCCCN1c1ccccc1C=O. The second kappa shape index (κ2) is 6.36. The van der Waals surface area contributed by atoms with E-state index in [1.54, 1.807) is 6.07 Å². The number of hydrogen-bond donors (Lipinski definition) is 0. The molecule has 2 rings (SSSR count). The second-order valence-electron chi connectivity index (χ2n) is 4.63. The Morgan fingerprint density at radius 2 is 2.21 bits per heavy atom. The Morgan fingerprint density at radius 3 is 2.95 bits per heavy atom. The Morgan fingerprint density at radius 1 is 1.42 bits per heavy atom. The first-order valence-corrected chi connectivity index (χ1v) is 6.75. The Labute approximate surface area is 113 Å². The van der Waals surface area contributed by atoms with E-state index in [2.05, 4.69) is 0 Å². The summed E-state index contributed by atoms with van der Waals surface area (Å²) in [6, 6.07) is 7.12. The number of esters is 1. The highest BCUT2D eigenvalue weighted by atomic mass is 16.5. The van der Waals surface area contributed by atoms with Crippen LogP contribution in [-0.4, -0.2) is 31.4 Å². The van der Waals surface area contributed by atoms with E-state index >= 15 is 0 Å². The van der Waals surface area contributed by atoms with Crippen LogP contribution < -0.4 is 4.90 Å².